The molecule has 0 saturated carbocycles. The summed E-state index contributed by atoms with van der Waals surface area (Å²) >= 11 is 2.16. The van der Waals surface area contributed by atoms with Gasteiger partial charge in [0.15, 0.2) is 0 Å². The Hall–Kier alpha value is -1.03. The van der Waals surface area contributed by atoms with E-state index in [9.17, 15) is 4.79 Å². The van der Waals surface area contributed by atoms with Crippen molar-refractivity contribution in [3.63, 3.8) is 0 Å². The van der Waals surface area contributed by atoms with Crippen LogP contribution in [-0.4, -0.2) is 33.1 Å². The van der Waals surface area contributed by atoms with Gasteiger partial charge in [0, 0.05) is 38.7 Å². The van der Waals surface area contributed by atoms with Crippen LogP contribution in [0.4, 0.5) is 4.79 Å². The van der Waals surface area contributed by atoms with Crippen molar-refractivity contribution in [1.29, 1.82) is 0 Å². The van der Waals surface area contributed by atoms with Crippen LogP contribution < -0.4 is 5.73 Å². The second kappa shape index (κ2) is 7.03. The number of carbonyl (C=O) groups is 1. The van der Waals surface area contributed by atoms with Crippen molar-refractivity contribution < 1.29 is 9.53 Å². The summed E-state index contributed by atoms with van der Waals surface area (Å²) in [6.07, 6.45) is 1.85. The maximum absolute atomic E-state index is 12.2. The Labute approximate surface area is 146 Å². The Bertz CT molecular complexity index is 601. The van der Waals surface area contributed by atoms with E-state index in [1.807, 2.05) is 26.2 Å². The molecule has 0 radical (unpaired) electrons. The lowest BCUT2D eigenvalue weighted by atomic mass is 10.0. The quantitative estimate of drug-likeness (QED) is 0.721. The summed E-state index contributed by atoms with van der Waals surface area (Å²) in [6, 6.07) is 0. The molecule has 1 aromatic heterocycles. The minimum absolute atomic E-state index is 0.315. The number of fused-ring (bicyclic) bond motifs is 1. The van der Waals surface area contributed by atoms with Crippen molar-refractivity contribution in [1.82, 2.24) is 14.9 Å². The molecule has 2 N–H and O–H groups in total. The molecule has 0 spiro atoms. The molecule has 120 valence electrons. The zero-order valence-electron chi connectivity index (χ0n) is 12.8. The van der Waals surface area contributed by atoms with Crippen LogP contribution >= 0.6 is 30.1 Å². The van der Waals surface area contributed by atoms with Crippen LogP contribution in [0.2, 0.25) is 0 Å². The van der Waals surface area contributed by atoms with E-state index in [1.165, 1.54) is 15.3 Å². The molecule has 0 bridgehead atoms. The minimum atomic E-state index is -0.501. The van der Waals surface area contributed by atoms with E-state index in [0.717, 1.165) is 17.0 Å². The number of ether oxygens (including phenoxy) is 1. The van der Waals surface area contributed by atoms with E-state index >= 15 is 0 Å². The van der Waals surface area contributed by atoms with Crippen LogP contribution in [0, 0.1) is 0 Å². The van der Waals surface area contributed by atoms with Crippen LogP contribution in [-0.2, 0) is 17.7 Å². The number of aromatic nitrogens is 2. The van der Waals surface area contributed by atoms with Crippen molar-refractivity contribution in [2.75, 3.05) is 6.54 Å². The van der Waals surface area contributed by atoms with Crippen molar-refractivity contribution in [3.8, 4) is 0 Å². The van der Waals surface area contributed by atoms with Gasteiger partial charge in [0.05, 0.1) is 23.6 Å². The van der Waals surface area contributed by atoms with Gasteiger partial charge in [-0.2, -0.15) is 0 Å². The van der Waals surface area contributed by atoms with Gasteiger partial charge in [-0.15, -0.1) is 0 Å². The summed E-state index contributed by atoms with van der Waals surface area (Å²) in [5, 5.41) is 1.85. The molecule has 0 aromatic carbocycles. The van der Waals surface area contributed by atoms with Gasteiger partial charge in [-0.1, -0.05) is 8.93 Å². The summed E-state index contributed by atoms with van der Waals surface area (Å²) < 4.78 is 5.41. The number of hydrogen-bond acceptors (Lipinski definition) is 6. The zero-order chi connectivity index (χ0) is 16.3. The first-order valence-corrected chi connectivity index (χ1v) is 10.3. The van der Waals surface area contributed by atoms with Gasteiger partial charge in [0.25, 0.3) is 0 Å². The highest BCUT2D eigenvalue weighted by Crippen LogP contribution is 2.25. The Morgan fingerprint density at radius 1 is 1.50 bits per heavy atom. The predicted octanol–water partition coefficient (Wildman–Crippen LogP) is 3.11. The van der Waals surface area contributed by atoms with E-state index in [4.69, 9.17) is 10.5 Å². The molecule has 1 aliphatic rings. The fourth-order valence-corrected chi connectivity index (χ4v) is 3.22. The molecule has 22 heavy (non-hydrogen) atoms. The van der Waals surface area contributed by atoms with E-state index < -0.39 is 5.60 Å². The van der Waals surface area contributed by atoms with Crippen molar-refractivity contribution in [2.24, 2.45) is 5.73 Å². The molecular weight excluding hydrogens is 415 g/mol. The molecule has 0 fully saturated rings. The Balaban J connectivity index is 2.20. The van der Waals surface area contributed by atoms with Crippen LogP contribution in [0.15, 0.2) is 11.7 Å². The molecule has 2 rings (SSSR count). The largest absolute Gasteiger partial charge is 0.444 e. The Morgan fingerprint density at radius 2 is 2.23 bits per heavy atom. The smallest absolute Gasteiger partial charge is 0.410 e. The maximum atomic E-state index is 12.2. The summed E-state index contributed by atoms with van der Waals surface area (Å²) in [5.74, 6) is 0. The lowest BCUT2D eigenvalue weighted by Gasteiger charge is -2.31. The second-order valence-corrected chi connectivity index (χ2v) is 7.90. The standard InChI is InChI=1S/C14H19IN4O2S/c1-14(2,3)21-13(20)19-5-4-9-11(6-19)17-8-18-12(9)10(16)7-22-15/h7-8H,4-6,16H2,1-3H3/b10-7-. The van der Waals surface area contributed by atoms with E-state index in [-0.39, 0.29) is 6.09 Å². The Morgan fingerprint density at radius 3 is 2.86 bits per heavy atom. The third kappa shape index (κ3) is 4.25. The van der Waals surface area contributed by atoms with Gasteiger partial charge in [0.1, 0.15) is 11.9 Å². The highest BCUT2D eigenvalue weighted by atomic mass is 127. The number of rotatable bonds is 2. The summed E-state index contributed by atoms with van der Waals surface area (Å²) in [5.41, 5.74) is 8.78. The van der Waals surface area contributed by atoms with Gasteiger partial charge in [-0.05, 0) is 27.2 Å². The molecule has 0 aliphatic carbocycles. The topological polar surface area (TPSA) is 81.3 Å². The average molecular weight is 434 g/mol. The molecule has 0 saturated heterocycles. The molecule has 1 aromatic rings. The first-order chi connectivity index (χ1) is 10.3. The van der Waals surface area contributed by atoms with Crippen LogP contribution in [0.3, 0.4) is 0 Å². The molecule has 6 nitrogen and oxygen atoms in total. The lowest BCUT2D eigenvalue weighted by Crippen LogP contribution is -2.40. The molecule has 8 heteroatoms. The predicted molar refractivity (Wildman–Crippen MR) is 96.2 cm³/mol. The van der Waals surface area contributed by atoms with Crippen LogP contribution in [0.1, 0.15) is 37.7 Å². The number of halogens is 1. The van der Waals surface area contributed by atoms with Gasteiger partial charge in [-0.25, -0.2) is 14.8 Å². The lowest BCUT2D eigenvalue weighted by molar-refractivity contribution is 0.0220. The highest BCUT2D eigenvalue weighted by molar-refractivity contribution is 14.2. The number of hydrogen-bond donors (Lipinski definition) is 1. The number of nitrogens with two attached hydrogens (primary N) is 1. The summed E-state index contributed by atoms with van der Waals surface area (Å²) in [6.45, 7) is 6.57. The second-order valence-electron chi connectivity index (χ2n) is 5.96. The van der Waals surface area contributed by atoms with Gasteiger partial charge in [0.2, 0.25) is 0 Å². The summed E-state index contributed by atoms with van der Waals surface area (Å²) in [4.78, 5) is 22.4. The van der Waals surface area contributed by atoms with Crippen LogP contribution in [0.25, 0.3) is 5.70 Å². The molecular formula is C14H19IN4O2S. The maximum Gasteiger partial charge on any atom is 0.410 e. The minimum Gasteiger partial charge on any atom is -0.444 e. The van der Waals surface area contributed by atoms with Crippen molar-refractivity contribution >= 4 is 41.9 Å². The third-order valence-corrected chi connectivity index (χ3v) is 4.21. The number of carbonyl (C=O) groups excluding carboxylic acids is 1. The number of amides is 1. The highest BCUT2D eigenvalue weighted by Gasteiger charge is 2.28. The van der Waals surface area contributed by atoms with Crippen LogP contribution in [0.5, 0.6) is 0 Å². The monoisotopic (exact) mass is 434 g/mol. The normalized spacial score (nSPS) is 15.5. The average Bonchev–Trinajstić information content (AvgIpc) is 2.44. The summed E-state index contributed by atoms with van der Waals surface area (Å²) in [7, 11) is 1.51. The molecule has 1 amide bonds. The fourth-order valence-electron chi connectivity index (χ4n) is 2.19. The molecule has 0 atom stereocenters. The molecule has 2 heterocycles. The third-order valence-electron chi connectivity index (χ3n) is 3.10. The van der Waals surface area contributed by atoms with Gasteiger partial charge in [-0.3, -0.25) is 0 Å². The number of nitrogens with zero attached hydrogens (tertiary/aromatic N) is 3. The fraction of sp³-hybridized carbons (Fsp3) is 0.500. The van der Waals surface area contributed by atoms with Gasteiger partial charge >= 0.3 is 6.09 Å². The van der Waals surface area contributed by atoms with E-state index in [0.29, 0.717) is 25.2 Å². The van der Waals surface area contributed by atoms with E-state index in [2.05, 4.69) is 31.2 Å². The first-order valence-electron chi connectivity index (χ1n) is 6.86. The van der Waals surface area contributed by atoms with Gasteiger partial charge < -0.3 is 15.4 Å². The van der Waals surface area contributed by atoms with Crippen molar-refractivity contribution in [3.05, 3.63) is 28.7 Å². The first kappa shape index (κ1) is 17.3. The zero-order valence-corrected chi connectivity index (χ0v) is 15.8. The Kier molecular flexibility index (Phi) is 5.54. The van der Waals surface area contributed by atoms with E-state index in [1.54, 1.807) is 4.90 Å². The SMILES string of the molecule is CC(C)(C)OC(=O)N1CCc2c(ncnc2/C(N)=C/SI)C1. The van der Waals surface area contributed by atoms with Crippen molar-refractivity contribution in [2.45, 2.75) is 39.3 Å². The molecule has 0 unspecified atom stereocenters. The molecule has 1 aliphatic heterocycles.